The molecule has 0 aliphatic carbocycles. The fourth-order valence-electron chi connectivity index (χ4n) is 0.770. The Morgan fingerprint density at radius 2 is 1.85 bits per heavy atom. The molecule has 0 bridgehead atoms. The number of alkyl halides is 1. The van der Waals surface area contributed by atoms with Crippen molar-refractivity contribution >= 4 is 17.6 Å². The van der Waals surface area contributed by atoms with Crippen LogP contribution in [0.2, 0.25) is 0 Å². The van der Waals surface area contributed by atoms with Crippen molar-refractivity contribution in [2.24, 2.45) is 0 Å². The minimum absolute atomic E-state index is 0.112. The van der Waals surface area contributed by atoms with Crippen LogP contribution in [0.15, 0.2) is 30.3 Å². The third kappa shape index (κ3) is 7.34. The Balaban J connectivity index is 0.000000424. The van der Waals surface area contributed by atoms with Gasteiger partial charge in [0.15, 0.2) is 0 Å². The normalized spacial score (nSPS) is 8.46. The van der Waals surface area contributed by atoms with Gasteiger partial charge < -0.3 is 5.11 Å². The molecular formula is C10H13ClO2. The third-order valence-electron chi connectivity index (χ3n) is 1.20. The standard InChI is InChI=1S/C8H8O2.C2H5Cl/c9-8(10)6-7-4-2-1-3-5-7;1-2-3/h1-5H,6H2,(H,9,10);2H2,1H3. The highest BCUT2D eigenvalue weighted by Gasteiger charge is 1.96. The molecule has 13 heavy (non-hydrogen) atoms. The van der Waals surface area contributed by atoms with Gasteiger partial charge in [-0.2, -0.15) is 0 Å². The van der Waals surface area contributed by atoms with Gasteiger partial charge in [0.1, 0.15) is 0 Å². The Bertz CT molecular complexity index is 234. The molecule has 0 aliphatic rings. The summed E-state index contributed by atoms with van der Waals surface area (Å²) in [6, 6.07) is 9.13. The molecular weight excluding hydrogens is 188 g/mol. The molecule has 72 valence electrons. The van der Waals surface area contributed by atoms with Gasteiger partial charge >= 0.3 is 5.97 Å². The molecule has 0 atom stereocenters. The Morgan fingerprint density at radius 1 is 1.38 bits per heavy atom. The van der Waals surface area contributed by atoms with Crippen molar-refractivity contribution in [1.82, 2.24) is 0 Å². The Morgan fingerprint density at radius 3 is 2.23 bits per heavy atom. The van der Waals surface area contributed by atoms with E-state index in [2.05, 4.69) is 0 Å². The average Bonchev–Trinajstić information content (AvgIpc) is 2.06. The van der Waals surface area contributed by atoms with Crippen molar-refractivity contribution in [3.8, 4) is 0 Å². The van der Waals surface area contributed by atoms with Gasteiger partial charge in [-0.15, -0.1) is 11.6 Å². The fourth-order valence-corrected chi connectivity index (χ4v) is 0.770. The largest absolute Gasteiger partial charge is 0.481 e. The topological polar surface area (TPSA) is 37.3 Å². The van der Waals surface area contributed by atoms with Crippen molar-refractivity contribution in [3.05, 3.63) is 35.9 Å². The van der Waals surface area contributed by atoms with E-state index in [1.165, 1.54) is 0 Å². The Kier molecular flexibility index (Phi) is 7.02. The summed E-state index contributed by atoms with van der Waals surface area (Å²) in [6.07, 6.45) is 0.112. The molecule has 2 nitrogen and oxygen atoms in total. The molecule has 3 heteroatoms. The second kappa shape index (κ2) is 7.62. The average molecular weight is 201 g/mol. The summed E-state index contributed by atoms with van der Waals surface area (Å²) >= 11 is 5.00. The summed E-state index contributed by atoms with van der Waals surface area (Å²) in [5, 5.41) is 8.37. The van der Waals surface area contributed by atoms with Crippen LogP contribution in [0.3, 0.4) is 0 Å². The summed E-state index contributed by atoms with van der Waals surface area (Å²) < 4.78 is 0. The summed E-state index contributed by atoms with van der Waals surface area (Å²) in [5.74, 6) is -0.0637. The predicted molar refractivity (Wildman–Crippen MR) is 54.2 cm³/mol. The lowest BCUT2D eigenvalue weighted by Crippen LogP contribution is -1.98. The van der Waals surface area contributed by atoms with Crippen LogP contribution in [-0.2, 0) is 11.2 Å². The molecule has 1 aromatic rings. The Labute approximate surface area is 83.2 Å². The van der Waals surface area contributed by atoms with Crippen molar-refractivity contribution < 1.29 is 9.90 Å². The first-order valence-corrected chi connectivity index (χ1v) is 4.55. The molecule has 0 radical (unpaired) electrons. The zero-order valence-corrected chi connectivity index (χ0v) is 8.29. The number of halogens is 1. The number of hydrogen-bond donors (Lipinski definition) is 1. The van der Waals surface area contributed by atoms with Crippen LogP contribution in [0, 0.1) is 0 Å². The predicted octanol–water partition coefficient (Wildman–Crippen LogP) is 2.56. The number of rotatable bonds is 2. The van der Waals surface area contributed by atoms with Gasteiger partial charge in [-0.25, -0.2) is 0 Å². The number of hydrogen-bond acceptors (Lipinski definition) is 1. The number of carboxylic acids is 1. The number of carbonyl (C=O) groups is 1. The van der Waals surface area contributed by atoms with Gasteiger partial charge in [0.05, 0.1) is 6.42 Å². The van der Waals surface area contributed by atoms with E-state index in [-0.39, 0.29) is 6.42 Å². The van der Waals surface area contributed by atoms with E-state index in [0.29, 0.717) is 0 Å². The van der Waals surface area contributed by atoms with Gasteiger partial charge in [-0.3, -0.25) is 4.79 Å². The molecule has 0 aromatic heterocycles. The molecule has 0 fully saturated rings. The fraction of sp³-hybridized carbons (Fsp3) is 0.300. The van der Waals surface area contributed by atoms with Crippen LogP contribution in [0.5, 0.6) is 0 Å². The summed E-state index contributed by atoms with van der Waals surface area (Å²) in [6.45, 7) is 1.89. The molecule has 0 spiro atoms. The van der Waals surface area contributed by atoms with Crippen LogP contribution < -0.4 is 0 Å². The van der Waals surface area contributed by atoms with E-state index < -0.39 is 5.97 Å². The van der Waals surface area contributed by atoms with Crippen LogP contribution in [0.4, 0.5) is 0 Å². The maximum atomic E-state index is 10.2. The molecule has 1 N–H and O–H groups in total. The highest BCUT2D eigenvalue weighted by atomic mass is 35.5. The van der Waals surface area contributed by atoms with Gasteiger partial charge in [0.25, 0.3) is 0 Å². The first-order valence-electron chi connectivity index (χ1n) is 4.02. The maximum absolute atomic E-state index is 10.2. The van der Waals surface area contributed by atoms with Crippen LogP contribution in [-0.4, -0.2) is 17.0 Å². The lowest BCUT2D eigenvalue weighted by molar-refractivity contribution is -0.136. The first-order chi connectivity index (χ1) is 6.20. The van der Waals surface area contributed by atoms with Crippen molar-refractivity contribution in [2.45, 2.75) is 13.3 Å². The van der Waals surface area contributed by atoms with Crippen molar-refractivity contribution in [1.29, 1.82) is 0 Å². The van der Waals surface area contributed by atoms with E-state index in [9.17, 15) is 4.79 Å². The zero-order valence-electron chi connectivity index (χ0n) is 7.53. The van der Waals surface area contributed by atoms with Crippen LogP contribution >= 0.6 is 11.6 Å². The second-order valence-corrected chi connectivity index (χ2v) is 2.86. The van der Waals surface area contributed by atoms with E-state index in [1.54, 1.807) is 12.1 Å². The molecule has 1 rings (SSSR count). The summed E-state index contributed by atoms with van der Waals surface area (Å²) in [4.78, 5) is 10.2. The molecule has 1 aromatic carbocycles. The van der Waals surface area contributed by atoms with E-state index in [4.69, 9.17) is 16.7 Å². The Hall–Kier alpha value is -1.02. The molecule has 0 saturated heterocycles. The van der Waals surface area contributed by atoms with Crippen molar-refractivity contribution in [2.75, 3.05) is 5.88 Å². The summed E-state index contributed by atoms with van der Waals surface area (Å²) in [5.41, 5.74) is 0.843. The highest BCUT2D eigenvalue weighted by molar-refractivity contribution is 6.17. The number of aliphatic carboxylic acids is 1. The van der Waals surface area contributed by atoms with Gasteiger partial charge in [-0.05, 0) is 5.56 Å². The van der Waals surface area contributed by atoms with E-state index in [1.807, 2.05) is 25.1 Å². The monoisotopic (exact) mass is 200 g/mol. The molecule has 0 heterocycles. The van der Waals surface area contributed by atoms with Crippen molar-refractivity contribution in [3.63, 3.8) is 0 Å². The van der Waals surface area contributed by atoms with Gasteiger partial charge in [-0.1, -0.05) is 37.3 Å². The van der Waals surface area contributed by atoms with Gasteiger partial charge in [0.2, 0.25) is 0 Å². The minimum atomic E-state index is -0.786. The maximum Gasteiger partial charge on any atom is 0.307 e. The second-order valence-electron chi connectivity index (χ2n) is 2.32. The summed E-state index contributed by atoms with van der Waals surface area (Å²) in [7, 11) is 0. The molecule has 0 saturated carbocycles. The highest BCUT2D eigenvalue weighted by Crippen LogP contribution is 1.98. The van der Waals surface area contributed by atoms with Crippen LogP contribution in [0.25, 0.3) is 0 Å². The van der Waals surface area contributed by atoms with Crippen LogP contribution in [0.1, 0.15) is 12.5 Å². The minimum Gasteiger partial charge on any atom is -0.481 e. The van der Waals surface area contributed by atoms with E-state index in [0.717, 1.165) is 11.4 Å². The first kappa shape index (κ1) is 12.0. The number of benzene rings is 1. The molecule has 0 unspecified atom stereocenters. The lowest BCUT2D eigenvalue weighted by Gasteiger charge is -1.92. The smallest absolute Gasteiger partial charge is 0.307 e. The third-order valence-corrected chi connectivity index (χ3v) is 1.20. The van der Waals surface area contributed by atoms with E-state index >= 15 is 0 Å². The molecule has 0 amide bonds. The zero-order chi connectivity index (χ0) is 10.1. The number of carboxylic acid groups (broad SMARTS) is 1. The molecule has 0 aliphatic heterocycles. The lowest BCUT2D eigenvalue weighted by atomic mass is 10.2. The quantitative estimate of drug-likeness (QED) is 0.746. The van der Waals surface area contributed by atoms with Gasteiger partial charge in [0, 0.05) is 5.88 Å². The SMILES string of the molecule is CCCl.O=C(O)Cc1ccccc1.